The van der Waals surface area contributed by atoms with E-state index in [0.717, 1.165) is 17.5 Å². The zero-order valence-electron chi connectivity index (χ0n) is 16.4. The zero-order valence-corrected chi connectivity index (χ0v) is 18.1. The molecule has 1 fully saturated rings. The number of carbonyl (C=O) groups excluding carboxylic acids is 1. The quantitative estimate of drug-likeness (QED) is 0.332. The number of methoxy groups -OCH3 is 2. The van der Waals surface area contributed by atoms with E-state index in [2.05, 4.69) is 0 Å². The third-order valence-electron chi connectivity index (χ3n) is 4.33. The Bertz CT molecular complexity index is 899. The van der Waals surface area contributed by atoms with Crippen LogP contribution in [0.5, 0.6) is 11.5 Å². The first-order valence-electron chi connectivity index (χ1n) is 9.21. The van der Waals surface area contributed by atoms with Gasteiger partial charge in [-0.25, -0.2) is 0 Å². The predicted molar refractivity (Wildman–Crippen MR) is 120 cm³/mol. The molecule has 0 radical (unpaired) electrons. The highest BCUT2D eigenvalue weighted by Gasteiger charge is 2.31. The van der Waals surface area contributed by atoms with Crippen molar-refractivity contribution in [1.29, 1.82) is 0 Å². The fourth-order valence-electron chi connectivity index (χ4n) is 2.84. The summed E-state index contributed by atoms with van der Waals surface area (Å²) in [7, 11) is 3.24. The molecule has 3 rings (SSSR count). The lowest BCUT2D eigenvalue weighted by molar-refractivity contribution is -0.122. The van der Waals surface area contributed by atoms with Crippen molar-refractivity contribution >= 4 is 40.3 Å². The van der Waals surface area contributed by atoms with Crippen LogP contribution in [0.25, 0.3) is 6.08 Å². The molecular formula is C22H23NO4S2. The number of thioether (sulfide) groups is 1. The molecule has 5 nitrogen and oxygen atoms in total. The van der Waals surface area contributed by atoms with Gasteiger partial charge in [0, 0.05) is 20.3 Å². The second-order valence-corrected chi connectivity index (χ2v) is 8.04. The summed E-state index contributed by atoms with van der Waals surface area (Å²) in [6.45, 7) is 1.61. The van der Waals surface area contributed by atoms with E-state index in [4.69, 9.17) is 26.4 Å². The van der Waals surface area contributed by atoms with Crippen LogP contribution in [0.1, 0.15) is 17.5 Å². The van der Waals surface area contributed by atoms with Gasteiger partial charge in [-0.05, 0) is 35.8 Å². The van der Waals surface area contributed by atoms with E-state index in [1.165, 1.54) is 11.8 Å². The smallest absolute Gasteiger partial charge is 0.266 e. The monoisotopic (exact) mass is 429 g/mol. The van der Waals surface area contributed by atoms with Crippen LogP contribution in [0.2, 0.25) is 0 Å². The van der Waals surface area contributed by atoms with E-state index in [1.54, 1.807) is 19.1 Å². The standard InChI is InChI=1S/C22H23NO4S2/c1-25-12-6-11-23-21(24)20(29-22(23)28)14-17-9-10-18(19(13-17)26-2)27-15-16-7-4-3-5-8-16/h3-5,7-10,13-14H,6,11-12,15H2,1-2H3. The fraction of sp³-hybridized carbons (Fsp3) is 0.273. The SMILES string of the molecule is COCCCN1C(=O)C(=Cc2ccc(OCc3ccccc3)c(OC)c2)SC1=S. The number of nitrogens with zero attached hydrogens (tertiary/aromatic N) is 1. The Balaban J connectivity index is 1.71. The summed E-state index contributed by atoms with van der Waals surface area (Å²) in [5, 5.41) is 0. The normalized spacial score (nSPS) is 15.2. The van der Waals surface area contributed by atoms with E-state index >= 15 is 0 Å². The summed E-state index contributed by atoms with van der Waals surface area (Å²) in [6, 6.07) is 15.6. The van der Waals surface area contributed by atoms with Crippen molar-refractivity contribution in [3.8, 4) is 11.5 Å². The van der Waals surface area contributed by atoms with E-state index in [-0.39, 0.29) is 5.91 Å². The lowest BCUT2D eigenvalue weighted by atomic mass is 10.1. The summed E-state index contributed by atoms with van der Waals surface area (Å²) in [5.74, 6) is 1.20. The maximum atomic E-state index is 12.6. The second kappa shape index (κ2) is 10.4. The Morgan fingerprint density at radius 2 is 1.90 bits per heavy atom. The van der Waals surface area contributed by atoms with Crippen molar-refractivity contribution in [2.24, 2.45) is 0 Å². The minimum absolute atomic E-state index is 0.0699. The average Bonchev–Trinajstić information content (AvgIpc) is 3.01. The van der Waals surface area contributed by atoms with Gasteiger partial charge >= 0.3 is 0 Å². The van der Waals surface area contributed by atoms with Gasteiger partial charge in [-0.2, -0.15) is 0 Å². The van der Waals surface area contributed by atoms with Crippen LogP contribution in [-0.4, -0.2) is 42.5 Å². The van der Waals surface area contributed by atoms with Gasteiger partial charge in [-0.3, -0.25) is 9.69 Å². The number of hydrogen-bond acceptors (Lipinski definition) is 6. The number of thiocarbonyl (C=S) groups is 1. The molecule has 0 saturated carbocycles. The maximum absolute atomic E-state index is 12.6. The number of hydrogen-bond donors (Lipinski definition) is 0. The molecule has 0 aliphatic carbocycles. The highest BCUT2D eigenvalue weighted by Crippen LogP contribution is 2.35. The van der Waals surface area contributed by atoms with Crippen molar-refractivity contribution in [3.05, 3.63) is 64.6 Å². The van der Waals surface area contributed by atoms with Crippen LogP contribution in [0.4, 0.5) is 0 Å². The molecule has 2 aromatic rings. The van der Waals surface area contributed by atoms with Gasteiger partial charge in [0.1, 0.15) is 10.9 Å². The molecule has 0 unspecified atom stereocenters. The zero-order chi connectivity index (χ0) is 20.6. The second-order valence-electron chi connectivity index (χ2n) is 6.36. The minimum atomic E-state index is -0.0699. The van der Waals surface area contributed by atoms with E-state index < -0.39 is 0 Å². The summed E-state index contributed by atoms with van der Waals surface area (Å²) in [4.78, 5) is 14.9. The molecule has 152 valence electrons. The van der Waals surface area contributed by atoms with Gasteiger partial charge in [-0.1, -0.05) is 60.4 Å². The Morgan fingerprint density at radius 3 is 2.62 bits per heavy atom. The van der Waals surface area contributed by atoms with Gasteiger partial charge in [0.2, 0.25) is 0 Å². The number of ether oxygens (including phenoxy) is 3. The molecule has 1 heterocycles. The molecule has 0 atom stereocenters. The third-order valence-corrected chi connectivity index (χ3v) is 5.70. The van der Waals surface area contributed by atoms with Crippen LogP contribution in [0.15, 0.2) is 53.4 Å². The van der Waals surface area contributed by atoms with E-state index in [1.807, 2.05) is 54.6 Å². The molecule has 29 heavy (non-hydrogen) atoms. The number of benzene rings is 2. The van der Waals surface area contributed by atoms with Gasteiger partial charge in [0.25, 0.3) is 5.91 Å². The summed E-state index contributed by atoms with van der Waals surface area (Å²) < 4.78 is 17.0. The van der Waals surface area contributed by atoms with Crippen molar-refractivity contribution in [3.63, 3.8) is 0 Å². The summed E-state index contributed by atoms with van der Waals surface area (Å²) in [6.07, 6.45) is 2.58. The first-order valence-corrected chi connectivity index (χ1v) is 10.4. The molecular weight excluding hydrogens is 406 g/mol. The van der Waals surface area contributed by atoms with Crippen LogP contribution < -0.4 is 9.47 Å². The van der Waals surface area contributed by atoms with Crippen molar-refractivity contribution < 1.29 is 19.0 Å². The maximum Gasteiger partial charge on any atom is 0.266 e. The molecule has 0 bridgehead atoms. The Hall–Kier alpha value is -2.35. The molecule has 1 amide bonds. The molecule has 1 aliphatic heterocycles. The topological polar surface area (TPSA) is 48.0 Å². The third kappa shape index (κ3) is 5.59. The van der Waals surface area contributed by atoms with E-state index in [0.29, 0.717) is 40.5 Å². The molecule has 0 spiro atoms. The number of rotatable bonds is 9. The first-order chi connectivity index (χ1) is 14.1. The summed E-state index contributed by atoms with van der Waals surface area (Å²) in [5.41, 5.74) is 1.93. The van der Waals surface area contributed by atoms with Gasteiger partial charge < -0.3 is 14.2 Å². The van der Waals surface area contributed by atoms with Gasteiger partial charge in [0.05, 0.1) is 12.0 Å². The number of amides is 1. The number of carbonyl (C=O) groups is 1. The Morgan fingerprint density at radius 1 is 1.10 bits per heavy atom. The first kappa shape index (κ1) is 21.4. The molecule has 0 aromatic heterocycles. The lowest BCUT2D eigenvalue weighted by Gasteiger charge is -2.13. The minimum Gasteiger partial charge on any atom is -0.493 e. The van der Waals surface area contributed by atoms with Gasteiger partial charge in [0.15, 0.2) is 11.5 Å². The van der Waals surface area contributed by atoms with Crippen LogP contribution in [0.3, 0.4) is 0 Å². The fourth-order valence-corrected chi connectivity index (χ4v) is 4.15. The molecule has 2 aromatic carbocycles. The highest BCUT2D eigenvalue weighted by molar-refractivity contribution is 8.26. The molecule has 1 aliphatic rings. The van der Waals surface area contributed by atoms with Crippen LogP contribution >= 0.6 is 24.0 Å². The van der Waals surface area contributed by atoms with Crippen LogP contribution in [-0.2, 0) is 16.1 Å². The largest absolute Gasteiger partial charge is 0.493 e. The molecule has 1 saturated heterocycles. The highest BCUT2D eigenvalue weighted by atomic mass is 32.2. The predicted octanol–water partition coefficient (Wildman–Crippen LogP) is 4.51. The average molecular weight is 430 g/mol. The van der Waals surface area contributed by atoms with Crippen LogP contribution in [0, 0.1) is 0 Å². The lowest BCUT2D eigenvalue weighted by Crippen LogP contribution is -2.29. The van der Waals surface area contributed by atoms with Crippen molar-refractivity contribution in [2.75, 3.05) is 27.4 Å². The van der Waals surface area contributed by atoms with Crippen molar-refractivity contribution in [2.45, 2.75) is 13.0 Å². The summed E-state index contributed by atoms with van der Waals surface area (Å²) >= 11 is 6.67. The van der Waals surface area contributed by atoms with E-state index in [9.17, 15) is 4.79 Å². The molecule has 7 heteroatoms. The van der Waals surface area contributed by atoms with Gasteiger partial charge in [-0.15, -0.1) is 0 Å². The Labute approximate surface area is 180 Å². The Kier molecular flexibility index (Phi) is 7.69. The van der Waals surface area contributed by atoms with Crippen molar-refractivity contribution in [1.82, 2.24) is 4.90 Å². The molecule has 0 N–H and O–H groups in total.